The molecule has 3 aromatic rings. The molecule has 0 aliphatic heterocycles. The zero-order valence-corrected chi connectivity index (χ0v) is 14.8. The summed E-state index contributed by atoms with van der Waals surface area (Å²) in [5.74, 6) is 2.13. The Labute approximate surface area is 150 Å². The number of aromatic amines is 1. The molecule has 0 saturated heterocycles. The smallest absolute Gasteiger partial charge is 0.216 e. The highest BCUT2D eigenvalue weighted by Gasteiger charge is 2.07. The molecule has 2 aromatic carbocycles. The van der Waals surface area contributed by atoms with Crippen molar-refractivity contribution in [1.29, 1.82) is 0 Å². The van der Waals surface area contributed by atoms with Gasteiger partial charge in [-0.3, -0.25) is 5.10 Å². The summed E-state index contributed by atoms with van der Waals surface area (Å²) in [4.78, 5) is 0. The molecule has 0 fully saturated rings. The molecular weight excluding hydrogens is 336 g/mol. The van der Waals surface area contributed by atoms with Gasteiger partial charge in [-0.2, -0.15) is 14.9 Å². The van der Waals surface area contributed by atoms with E-state index >= 15 is 0 Å². The lowest BCUT2D eigenvalue weighted by Gasteiger charge is -2.07. The summed E-state index contributed by atoms with van der Waals surface area (Å²) in [6.07, 6.45) is 2.32. The molecule has 0 amide bonds. The Kier molecular flexibility index (Phi) is 5.25. The van der Waals surface area contributed by atoms with Gasteiger partial charge < -0.3 is 9.47 Å². The van der Waals surface area contributed by atoms with Gasteiger partial charge in [-0.15, -0.1) is 0 Å². The van der Waals surface area contributed by atoms with Crippen LogP contribution in [-0.2, 0) is 6.42 Å². The van der Waals surface area contributed by atoms with Crippen LogP contribution in [-0.4, -0.2) is 35.3 Å². The zero-order valence-electron chi connectivity index (χ0n) is 14.0. The number of aromatic nitrogens is 3. The van der Waals surface area contributed by atoms with Crippen LogP contribution in [0.3, 0.4) is 0 Å². The first-order valence-corrected chi connectivity index (χ1v) is 8.08. The first-order chi connectivity index (χ1) is 12.2. The molecule has 0 atom stereocenters. The maximum Gasteiger partial charge on any atom is 0.216 e. The van der Waals surface area contributed by atoms with Crippen LogP contribution in [0.5, 0.6) is 11.5 Å². The molecule has 7 heteroatoms. The van der Waals surface area contributed by atoms with Gasteiger partial charge in [0.05, 0.1) is 20.4 Å². The van der Waals surface area contributed by atoms with E-state index in [0.29, 0.717) is 16.9 Å². The van der Waals surface area contributed by atoms with Crippen LogP contribution in [0, 0.1) is 4.77 Å². The van der Waals surface area contributed by atoms with Gasteiger partial charge in [0.25, 0.3) is 0 Å². The molecular formula is C18H18N4O2S. The average Bonchev–Trinajstić information content (AvgIpc) is 3.00. The second kappa shape index (κ2) is 7.76. The third kappa shape index (κ3) is 3.95. The number of hydrogen-bond donors (Lipinski definition) is 1. The summed E-state index contributed by atoms with van der Waals surface area (Å²) in [6, 6.07) is 15.6. The second-order valence-electron chi connectivity index (χ2n) is 5.27. The molecule has 0 unspecified atom stereocenters. The number of nitrogens with one attached hydrogen (secondary N) is 1. The number of H-pyrrole nitrogens is 1. The summed E-state index contributed by atoms with van der Waals surface area (Å²) in [5, 5.41) is 11.5. The van der Waals surface area contributed by atoms with Crippen molar-refractivity contribution in [2.75, 3.05) is 14.2 Å². The molecule has 0 saturated carbocycles. The Bertz CT molecular complexity index is 932. The standard InChI is InChI=1S/C18H18N4O2S/c1-23-15-9-8-14(16(11-15)24-2)12-19-22-17(20-21-18(22)25)10-13-6-4-3-5-7-13/h3-9,11-12H,10H2,1-2H3,(H,21,25)/b19-12-. The Hall–Kier alpha value is -2.93. The summed E-state index contributed by atoms with van der Waals surface area (Å²) in [6.45, 7) is 0. The summed E-state index contributed by atoms with van der Waals surface area (Å²) in [5.41, 5.74) is 1.95. The van der Waals surface area contributed by atoms with Gasteiger partial charge in [-0.25, -0.2) is 0 Å². The van der Waals surface area contributed by atoms with E-state index in [2.05, 4.69) is 15.3 Å². The highest BCUT2D eigenvalue weighted by Crippen LogP contribution is 2.23. The van der Waals surface area contributed by atoms with Gasteiger partial charge in [-0.1, -0.05) is 30.3 Å². The van der Waals surface area contributed by atoms with Crippen molar-refractivity contribution < 1.29 is 9.47 Å². The topological polar surface area (TPSA) is 64.4 Å². The van der Waals surface area contributed by atoms with Gasteiger partial charge in [0.1, 0.15) is 11.5 Å². The van der Waals surface area contributed by atoms with Crippen molar-refractivity contribution in [3.8, 4) is 11.5 Å². The molecule has 0 aliphatic carbocycles. The normalized spacial score (nSPS) is 11.0. The minimum Gasteiger partial charge on any atom is -0.497 e. The molecule has 25 heavy (non-hydrogen) atoms. The third-order valence-corrected chi connectivity index (χ3v) is 3.94. The highest BCUT2D eigenvalue weighted by molar-refractivity contribution is 7.71. The molecule has 0 spiro atoms. The monoisotopic (exact) mass is 354 g/mol. The quantitative estimate of drug-likeness (QED) is 0.544. The first-order valence-electron chi connectivity index (χ1n) is 7.68. The Morgan fingerprint density at radius 2 is 1.96 bits per heavy atom. The van der Waals surface area contributed by atoms with Crippen molar-refractivity contribution >= 4 is 18.4 Å². The van der Waals surface area contributed by atoms with Crippen LogP contribution < -0.4 is 9.47 Å². The van der Waals surface area contributed by atoms with E-state index in [1.807, 2.05) is 42.5 Å². The number of methoxy groups -OCH3 is 2. The van der Waals surface area contributed by atoms with Gasteiger partial charge in [-0.05, 0) is 29.9 Å². The predicted molar refractivity (Wildman–Crippen MR) is 99.2 cm³/mol. The fourth-order valence-corrected chi connectivity index (χ4v) is 2.58. The molecule has 1 N–H and O–H groups in total. The van der Waals surface area contributed by atoms with Crippen molar-refractivity contribution in [2.45, 2.75) is 6.42 Å². The van der Waals surface area contributed by atoms with Crippen LogP contribution in [0.15, 0.2) is 53.6 Å². The van der Waals surface area contributed by atoms with Crippen molar-refractivity contribution in [1.82, 2.24) is 14.9 Å². The first kappa shape index (κ1) is 16.9. The lowest BCUT2D eigenvalue weighted by molar-refractivity contribution is 0.394. The Balaban J connectivity index is 1.89. The zero-order chi connectivity index (χ0) is 17.6. The van der Waals surface area contributed by atoms with Crippen LogP contribution in [0.1, 0.15) is 17.0 Å². The van der Waals surface area contributed by atoms with E-state index in [1.165, 1.54) is 0 Å². The SMILES string of the molecule is COc1ccc(/C=N\n2c(Cc3ccccc3)n[nH]c2=S)c(OC)c1. The molecule has 1 heterocycles. The van der Waals surface area contributed by atoms with E-state index in [-0.39, 0.29) is 0 Å². The number of ether oxygens (including phenoxy) is 2. The fraction of sp³-hybridized carbons (Fsp3) is 0.167. The van der Waals surface area contributed by atoms with E-state index in [0.717, 1.165) is 22.7 Å². The molecule has 128 valence electrons. The van der Waals surface area contributed by atoms with Crippen LogP contribution >= 0.6 is 12.2 Å². The highest BCUT2D eigenvalue weighted by atomic mass is 32.1. The molecule has 0 aliphatic rings. The Morgan fingerprint density at radius 1 is 1.16 bits per heavy atom. The van der Waals surface area contributed by atoms with E-state index in [1.54, 1.807) is 31.2 Å². The summed E-state index contributed by atoms with van der Waals surface area (Å²) < 4.78 is 12.6. The maximum atomic E-state index is 5.38. The number of nitrogens with zero attached hydrogens (tertiary/aromatic N) is 3. The Morgan fingerprint density at radius 3 is 2.68 bits per heavy atom. The molecule has 3 rings (SSSR count). The van der Waals surface area contributed by atoms with Crippen molar-refractivity contribution in [3.05, 3.63) is 70.3 Å². The molecule has 0 radical (unpaired) electrons. The molecule has 1 aromatic heterocycles. The third-order valence-electron chi connectivity index (χ3n) is 3.68. The van der Waals surface area contributed by atoms with E-state index < -0.39 is 0 Å². The van der Waals surface area contributed by atoms with E-state index in [9.17, 15) is 0 Å². The van der Waals surface area contributed by atoms with Gasteiger partial charge in [0, 0.05) is 18.1 Å². The number of hydrogen-bond acceptors (Lipinski definition) is 5. The van der Waals surface area contributed by atoms with Crippen molar-refractivity contribution in [2.24, 2.45) is 5.10 Å². The number of benzene rings is 2. The van der Waals surface area contributed by atoms with Crippen LogP contribution in [0.25, 0.3) is 0 Å². The summed E-state index contributed by atoms with van der Waals surface area (Å²) in [7, 11) is 3.22. The van der Waals surface area contributed by atoms with Gasteiger partial charge in [0.2, 0.25) is 4.77 Å². The minimum atomic E-state index is 0.439. The largest absolute Gasteiger partial charge is 0.497 e. The fourth-order valence-electron chi connectivity index (χ4n) is 2.38. The lowest BCUT2D eigenvalue weighted by Crippen LogP contribution is -2.01. The summed E-state index contributed by atoms with van der Waals surface area (Å²) >= 11 is 5.29. The van der Waals surface area contributed by atoms with Gasteiger partial charge >= 0.3 is 0 Å². The second-order valence-corrected chi connectivity index (χ2v) is 5.66. The maximum absolute atomic E-state index is 5.38. The number of rotatable bonds is 6. The van der Waals surface area contributed by atoms with E-state index in [4.69, 9.17) is 21.7 Å². The van der Waals surface area contributed by atoms with Crippen LogP contribution in [0.4, 0.5) is 0 Å². The predicted octanol–water partition coefficient (Wildman–Crippen LogP) is 3.43. The molecule has 6 nitrogen and oxygen atoms in total. The van der Waals surface area contributed by atoms with Crippen molar-refractivity contribution in [3.63, 3.8) is 0 Å². The van der Waals surface area contributed by atoms with Gasteiger partial charge in [0.15, 0.2) is 5.82 Å². The lowest BCUT2D eigenvalue weighted by atomic mass is 10.1. The average molecular weight is 354 g/mol. The minimum absolute atomic E-state index is 0.439. The molecule has 0 bridgehead atoms. The van der Waals surface area contributed by atoms with Crippen LogP contribution in [0.2, 0.25) is 0 Å².